The molecule has 0 radical (unpaired) electrons. The molecule has 184 valence electrons. The van der Waals surface area contributed by atoms with Gasteiger partial charge in [0.25, 0.3) is 11.8 Å². The third-order valence-electron chi connectivity index (χ3n) is 6.28. The zero-order chi connectivity index (χ0) is 25.5. The summed E-state index contributed by atoms with van der Waals surface area (Å²) in [5, 5.41) is 14.0. The Kier molecular flexibility index (Phi) is 5.48. The summed E-state index contributed by atoms with van der Waals surface area (Å²) in [6.07, 6.45) is 2.61. The first kappa shape index (κ1) is 22.6. The van der Waals surface area contributed by atoms with Gasteiger partial charge in [0.2, 0.25) is 11.7 Å². The molecule has 1 saturated carbocycles. The summed E-state index contributed by atoms with van der Waals surface area (Å²) in [4.78, 5) is 30.1. The third kappa shape index (κ3) is 4.44. The fraction of sp³-hybridized carbons (Fsp3) is 0.148. The topological polar surface area (TPSA) is 114 Å². The molecule has 2 aromatic carbocycles. The maximum absolute atomic E-state index is 13.3. The Morgan fingerprint density at radius 2 is 1.86 bits per heavy atom. The molecule has 0 saturated heterocycles. The van der Waals surface area contributed by atoms with Crippen LogP contribution >= 0.6 is 0 Å². The van der Waals surface area contributed by atoms with Crippen LogP contribution in [0.1, 0.15) is 44.5 Å². The van der Waals surface area contributed by atoms with Gasteiger partial charge in [-0.15, -0.1) is 0 Å². The number of amides is 2. The maximum atomic E-state index is 13.3. The van der Waals surface area contributed by atoms with Gasteiger partial charge in [0.1, 0.15) is 6.17 Å². The van der Waals surface area contributed by atoms with Crippen molar-refractivity contribution in [2.75, 3.05) is 10.6 Å². The van der Waals surface area contributed by atoms with Crippen molar-refractivity contribution >= 4 is 28.7 Å². The first-order valence-corrected chi connectivity index (χ1v) is 11.7. The quantitative estimate of drug-likeness (QED) is 0.341. The molecule has 1 unspecified atom stereocenters. The highest BCUT2D eigenvalue weighted by atomic mass is 19.1. The molecule has 1 fully saturated rings. The number of halogens is 1. The minimum atomic E-state index is -0.931. The minimum absolute atomic E-state index is 0.253. The minimum Gasteiger partial charge on any atom is -0.339 e. The highest BCUT2D eigenvalue weighted by molar-refractivity contribution is 6.10. The van der Waals surface area contributed by atoms with E-state index < -0.39 is 6.17 Å². The Balaban J connectivity index is 1.23. The highest BCUT2D eigenvalue weighted by Crippen LogP contribution is 2.43. The number of pyridine rings is 1. The van der Waals surface area contributed by atoms with Gasteiger partial charge in [0, 0.05) is 28.7 Å². The predicted molar refractivity (Wildman–Crippen MR) is 134 cm³/mol. The van der Waals surface area contributed by atoms with Crippen LogP contribution in [0.25, 0.3) is 16.9 Å². The number of anilines is 2. The van der Waals surface area contributed by atoms with Crippen molar-refractivity contribution in [3.05, 3.63) is 95.6 Å². The van der Waals surface area contributed by atoms with E-state index in [-0.39, 0.29) is 23.6 Å². The number of carbonyl (C=O) groups excluding carboxylic acids is 2. The third-order valence-corrected chi connectivity index (χ3v) is 6.28. The largest absolute Gasteiger partial charge is 0.339 e. The van der Waals surface area contributed by atoms with E-state index in [0.717, 1.165) is 5.56 Å². The second kappa shape index (κ2) is 8.98. The van der Waals surface area contributed by atoms with Gasteiger partial charge in [-0.1, -0.05) is 35.5 Å². The van der Waals surface area contributed by atoms with Crippen LogP contribution in [-0.4, -0.2) is 37.7 Å². The standard InChI is InChI=1S/C27H21FN6O3/c1-15-7-8-17(24-32-27(37-33-24)19-13-21(19)28)11-22(15)31-26(36)20-14-29-34-10-9-18(12-23(20)34)30-25(35)16-5-3-2-4-6-16/h2-12,14,19,21H,13H2,1H3,(H,30,35)(H,31,36)/t19?,21-/m0/s1. The summed E-state index contributed by atoms with van der Waals surface area (Å²) in [5.41, 5.74) is 3.97. The molecule has 2 atom stereocenters. The molecule has 2 amide bonds. The number of carbonyl (C=O) groups is 2. The van der Waals surface area contributed by atoms with Gasteiger partial charge in [0.05, 0.1) is 23.2 Å². The summed E-state index contributed by atoms with van der Waals surface area (Å²) < 4.78 is 20.1. The maximum Gasteiger partial charge on any atom is 0.259 e. The summed E-state index contributed by atoms with van der Waals surface area (Å²) in [6.45, 7) is 1.87. The number of aryl methyl sites for hydroxylation is 1. The molecule has 1 aliphatic carbocycles. The van der Waals surface area contributed by atoms with E-state index in [1.54, 1.807) is 53.2 Å². The number of alkyl halides is 1. The molecule has 0 spiro atoms. The molecule has 0 bridgehead atoms. The van der Waals surface area contributed by atoms with E-state index in [0.29, 0.717) is 45.8 Å². The molecule has 3 aromatic heterocycles. The second-order valence-corrected chi connectivity index (χ2v) is 8.92. The van der Waals surface area contributed by atoms with Crippen LogP contribution in [-0.2, 0) is 0 Å². The van der Waals surface area contributed by atoms with Gasteiger partial charge >= 0.3 is 0 Å². The Bertz CT molecular complexity index is 1640. The molecule has 3 heterocycles. The summed E-state index contributed by atoms with van der Waals surface area (Å²) >= 11 is 0. The lowest BCUT2D eigenvalue weighted by Crippen LogP contribution is -2.13. The molecule has 37 heavy (non-hydrogen) atoms. The van der Waals surface area contributed by atoms with Crippen molar-refractivity contribution in [1.82, 2.24) is 19.8 Å². The zero-order valence-corrected chi connectivity index (χ0v) is 19.7. The van der Waals surface area contributed by atoms with Crippen molar-refractivity contribution in [1.29, 1.82) is 0 Å². The molecular formula is C27H21FN6O3. The zero-order valence-electron chi connectivity index (χ0n) is 19.7. The number of rotatable bonds is 6. The van der Waals surface area contributed by atoms with Gasteiger partial charge in [-0.3, -0.25) is 9.59 Å². The number of aromatic nitrogens is 4. The van der Waals surface area contributed by atoms with Crippen LogP contribution in [0.2, 0.25) is 0 Å². The molecule has 10 heteroatoms. The lowest BCUT2D eigenvalue weighted by atomic mass is 10.1. The van der Waals surface area contributed by atoms with Crippen molar-refractivity contribution in [2.45, 2.75) is 25.4 Å². The van der Waals surface area contributed by atoms with Crippen LogP contribution in [0.5, 0.6) is 0 Å². The fourth-order valence-electron chi connectivity index (χ4n) is 4.03. The van der Waals surface area contributed by atoms with E-state index in [4.69, 9.17) is 4.52 Å². The normalized spacial score (nSPS) is 16.5. The molecule has 9 nitrogen and oxygen atoms in total. The van der Waals surface area contributed by atoms with Crippen molar-refractivity contribution in [3.63, 3.8) is 0 Å². The van der Waals surface area contributed by atoms with Gasteiger partial charge in [-0.2, -0.15) is 10.1 Å². The predicted octanol–water partition coefficient (Wildman–Crippen LogP) is 5.02. The van der Waals surface area contributed by atoms with Crippen molar-refractivity contribution < 1.29 is 18.5 Å². The van der Waals surface area contributed by atoms with Crippen molar-refractivity contribution in [3.8, 4) is 11.4 Å². The van der Waals surface area contributed by atoms with Crippen LogP contribution in [0.3, 0.4) is 0 Å². The van der Waals surface area contributed by atoms with E-state index >= 15 is 0 Å². The number of nitrogens with zero attached hydrogens (tertiary/aromatic N) is 4. The number of benzene rings is 2. The summed E-state index contributed by atoms with van der Waals surface area (Å²) in [7, 11) is 0. The van der Waals surface area contributed by atoms with Gasteiger partial charge in [-0.05, 0) is 49.2 Å². The highest BCUT2D eigenvalue weighted by Gasteiger charge is 2.43. The molecule has 1 aliphatic rings. The van der Waals surface area contributed by atoms with Gasteiger partial charge in [0.15, 0.2) is 0 Å². The number of fused-ring (bicyclic) bond motifs is 1. The van der Waals surface area contributed by atoms with Gasteiger partial charge in [-0.25, -0.2) is 8.91 Å². The van der Waals surface area contributed by atoms with Crippen molar-refractivity contribution in [2.24, 2.45) is 0 Å². The first-order valence-electron chi connectivity index (χ1n) is 11.7. The first-order chi connectivity index (χ1) is 18.0. The van der Waals surface area contributed by atoms with Crippen LogP contribution in [0, 0.1) is 6.92 Å². The summed E-state index contributed by atoms with van der Waals surface area (Å²) in [6, 6.07) is 17.7. The lowest BCUT2D eigenvalue weighted by Gasteiger charge is -2.10. The SMILES string of the molecule is Cc1ccc(-c2noc(C3C[C@@H]3F)n2)cc1NC(=O)c1cnn2ccc(NC(=O)c3ccccc3)cc12. The van der Waals surface area contributed by atoms with Crippen LogP contribution in [0.15, 0.2) is 77.6 Å². The van der Waals surface area contributed by atoms with Gasteiger partial charge < -0.3 is 15.2 Å². The smallest absolute Gasteiger partial charge is 0.259 e. The average Bonchev–Trinajstić information content (AvgIpc) is 3.28. The average molecular weight is 497 g/mol. The Morgan fingerprint density at radius 3 is 2.65 bits per heavy atom. The molecule has 2 N–H and O–H groups in total. The Morgan fingerprint density at radius 1 is 1.05 bits per heavy atom. The van der Waals surface area contributed by atoms with E-state index in [9.17, 15) is 14.0 Å². The molecule has 5 aromatic rings. The lowest BCUT2D eigenvalue weighted by molar-refractivity contribution is 0.102. The number of nitrogens with one attached hydrogen (secondary N) is 2. The Labute approximate surface area is 210 Å². The number of hydrogen-bond acceptors (Lipinski definition) is 6. The summed E-state index contributed by atoms with van der Waals surface area (Å²) in [5.74, 6) is -0.330. The Hall–Kier alpha value is -4.86. The fourth-order valence-corrected chi connectivity index (χ4v) is 4.03. The van der Waals surface area contributed by atoms with Crippen LogP contribution < -0.4 is 10.6 Å². The van der Waals surface area contributed by atoms with E-state index in [1.165, 1.54) is 6.20 Å². The van der Waals surface area contributed by atoms with E-state index in [1.807, 2.05) is 25.1 Å². The van der Waals surface area contributed by atoms with Crippen LogP contribution in [0.4, 0.5) is 15.8 Å². The monoisotopic (exact) mass is 496 g/mol. The van der Waals surface area contributed by atoms with E-state index in [2.05, 4.69) is 25.9 Å². The molecule has 0 aliphatic heterocycles. The molecule has 6 rings (SSSR count). The molecular weight excluding hydrogens is 475 g/mol. The second-order valence-electron chi connectivity index (χ2n) is 8.92. The number of hydrogen-bond donors (Lipinski definition) is 2.